The van der Waals surface area contributed by atoms with E-state index in [9.17, 15) is 4.79 Å². The number of benzene rings is 1. The third-order valence-electron chi connectivity index (χ3n) is 2.81. The highest BCUT2D eigenvalue weighted by atomic mass is 16.5. The predicted octanol–water partition coefficient (Wildman–Crippen LogP) is 2.45. The Hall–Kier alpha value is -1.55. The second-order valence-corrected chi connectivity index (χ2v) is 4.71. The highest BCUT2D eigenvalue weighted by Crippen LogP contribution is 2.26. The molecule has 1 heterocycles. The number of para-hydroxylation sites is 2. The normalized spacial score (nSPS) is 18.9. The van der Waals surface area contributed by atoms with Crippen LogP contribution in [0.4, 0.5) is 5.69 Å². The largest absolute Gasteiger partial charge is 0.489 e. The lowest BCUT2D eigenvalue weighted by Crippen LogP contribution is -2.23. The van der Waals surface area contributed by atoms with Crippen LogP contribution in [0.2, 0.25) is 0 Å². The van der Waals surface area contributed by atoms with Crippen LogP contribution >= 0.6 is 0 Å². The number of anilines is 1. The van der Waals surface area contributed by atoms with Crippen LogP contribution in [0.25, 0.3) is 0 Å². The van der Waals surface area contributed by atoms with E-state index in [-0.39, 0.29) is 17.9 Å². The van der Waals surface area contributed by atoms with Crippen molar-refractivity contribution in [3.63, 3.8) is 0 Å². The van der Waals surface area contributed by atoms with E-state index < -0.39 is 0 Å². The van der Waals surface area contributed by atoms with Crippen molar-refractivity contribution in [1.29, 1.82) is 0 Å². The fourth-order valence-electron chi connectivity index (χ4n) is 1.90. The Kier molecular flexibility index (Phi) is 4.20. The van der Waals surface area contributed by atoms with Crippen LogP contribution in [0.5, 0.6) is 5.75 Å². The van der Waals surface area contributed by atoms with Crippen molar-refractivity contribution >= 4 is 11.6 Å². The molecule has 18 heavy (non-hydrogen) atoms. The predicted molar refractivity (Wildman–Crippen MR) is 69.8 cm³/mol. The number of amides is 1. The van der Waals surface area contributed by atoms with Gasteiger partial charge in [0.05, 0.1) is 24.3 Å². The SMILES string of the molecule is CC(C)Oc1ccccc1NC(=O)C1CCOC1. The Labute approximate surface area is 107 Å². The molecule has 0 aliphatic carbocycles. The zero-order valence-corrected chi connectivity index (χ0v) is 10.8. The maximum Gasteiger partial charge on any atom is 0.230 e. The molecule has 1 fully saturated rings. The minimum Gasteiger partial charge on any atom is -0.489 e. The molecule has 1 aliphatic rings. The van der Waals surface area contributed by atoms with Crippen LogP contribution in [-0.2, 0) is 9.53 Å². The summed E-state index contributed by atoms with van der Waals surface area (Å²) < 4.78 is 10.9. The van der Waals surface area contributed by atoms with E-state index in [1.807, 2.05) is 38.1 Å². The molecule has 0 radical (unpaired) electrons. The maximum absolute atomic E-state index is 12.0. The van der Waals surface area contributed by atoms with E-state index in [0.29, 0.717) is 19.0 Å². The average molecular weight is 249 g/mol. The van der Waals surface area contributed by atoms with Gasteiger partial charge in [-0.2, -0.15) is 0 Å². The molecule has 1 atom stereocenters. The van der Waals surface area contributed by atoms with Crippen molar-refractivity contribution in [3.8, 4) is 5.75 Å². The molecule has 0 bridgehead atoms. The van der Waals surface area contributed by atoms with E-state index in [4.69, 9.17) is 9.47 Å². The quantitative estimate of drug-likeness (QED) is 0.891. The van der Waals surface area contributed by atoms with Gasteiger partial charge in [0.15, 0.2) is 0 Å². The maximum atomic E-state index is 12.0. The first-order chi connectivity index (χ1) is 8.66. The molecule has 1 saturated heterocycles. The lowest BCUT2D eigenvalue weighted by Gasteiger charge is -2.16. The van der Waals surface area contributed by atoms with Gasteiger partial charge in [-0.3, -0.25) is 4.79 Å². The Morgan fingerprint density at radius 3 is 2.89 bits per heavy atom. The molecule has 1 unspecified atom stereocenters. The summed E-state index contributed by atoms with van der Waals surface area (Å²) in [5.41, 5.74) is 0.725. The van der Waals surface area contributed by atoms with Gasteiger partial charge in [-0.15, -0.1) is 0 Å². The topological polar surface area (TPSA) is 47.6 Å². The minimum absolute atomic E-state index is 0.00676. The second-order valence-electron chi connectivity index (χ2n) is 4.71. The minimum atomic E-state index is -0.0443. The molecule has 1 amide bonds. The molecule has 0 saturated carbocycles. The van der Waals surface area contributed by atoms with Crippen LogP contribution in [0.1, 0.15) is 20.3 Å². The first kappa shape index (κ1) is 12.9. The van der Waals surface area contributed by atoms with E-state index in [1.54, 1.807) is 0 Å². The molecule has 98 valence electrons. The summed E-state index contributed by atoms with van der Waals surface area (Å²) in [5.74, 6) is 0.671. The number of hydrogen-bond acceptors (Lipinski definition) is 3. The van der Waals surface area contributed by atoms with Crippen molar-refractivity contribution in [2.75, 3.05) is 18.5 Å². The van der Waals surface area contributed by atoms with Crippen LogP contribution < -0.4 is 10.1 Å². The van der Waals surface area contributed by atoms with Gasteiger partial charge in [0.25, 0.3) is 0 Å². The molecule has 4 nitrogen and oxygen atoms in total. The molecule has 1 aliphatic heterocycles. The van der Waals surface area contributed by atoms with Crippen LogP contribution in [-0.4, -0.2) is 25.2 Å². The third-order valence-corrected chi connectivity index (χ3v) is 2.81. The van der Waals surface area contributed by atoms with Gasteiger partial charge in [0.1, 0.15) is 5.75 Å². The number of carbonyl (C=O) groups is 1. The van der Waals surface area contributed by atoms with Gasteiger partial charge < -0.3 is 14.8 Å². The molecule has 0 spiro atoms. The van der Waals surface area contributed by atoms with Crippen molar-refractivity contribution < 1.29 is 14.3 Å². The van der Waals surface area contributed by atoms with E-state index in [2.05, 4.69) is 5.32 Å². The number of nitrogens with one attached hydrogen (secondary N) is 1. The van der Waals surface area contributed by atoms with Crippen LogP contribution in [0.3, 0.4) is 0 Å². The average Bonchev–Trinajstić information content (AvgIpc) is 2.84. The Morgan fingerprint density at radius 2 is 2.22 bits per heavy atom. The zero-order chi connectivity index (χ0) is 13.0. The van der Waals surface area contributed by atoms with Crippen molar-refractivity contribution in [3.05, 3.63) is 24.3 Å². The van der Waals surface area contributed by atoms with E-state index >= 15 is 0 Å². The van der Waals surface area contributed by atoms with Crippen molar-refractivity contribution in [1.82, 2.24) is 0 Å². The lowest BCUT2D eigenvalue weighted by atomic mass is 10.1. The molecular weight excluding hydrogens is 230 g/mol. The number of ether oxygens (including phenoxy) is 2. The summed E-state index contributed by atoms with van der Waals surface area (Å²) in [6.45, 7) is 5.11. The van der Waals surface area contributed by atoms with Crippen LogP contribution in [0, 0.1) is 5.92 Å². The van der Waals surface area contributed by atoms with Gasteiger partial charge in [-0.1, -0.05) is 12.1 Å². The number of carbonyl (C=O) groups excluding carboxylic acids is 1. The Balaban J connectivity index is 2.05. The lowest BCUT2D eigenvalue weighted by molar-refractivity contribution is -0.119. The molecule has 1 aromatic rings. The van der Waals surface area contributed by atoms with Crippen LogP contribution in [0.15, 0.2) is 24.3 Å². The molecule has 2 rings (SSSR count). The summed E-state index contributed by atoms with van der Waals surface area (Å²) in [4.78, 5) is 12.0. The Morgan fingerprint density at radius 1 is 1.44 bits per heavy atom. The summed E-state index contributed by atoms with van der Waals surface area (Å²) in [5, 5.41) is 2.91. The molecular formula is C14H19NO3. The van der Waals surface area contributed by atoms with Gasteiger partial charge in [0.2, 0.25) is 5.91 Å². The monoisotopic (exact) mass is 249 g/mol. The molecule has 1 N–H and O–H groups in total. The highest BCUT2D eigenvalue weighted by molar-refractivity contribution is 5.94. The summed E-state index contributed by atoms with van der Waals surface area (Å²) in [6, 6.07) is 7.49. The molecule has 1 aromatic carbocycles. The summed E-state index contributed by atoms with van der Waals surface area (Å²) >= 11 is 0. The second kappa shape index (κ2) is 5.87. The number of rotatable bonds is 4. The van der Waals surface area contributed by atoms with E-state index in [1.165, 1.54) is 0 Å². The fourth-order valence-corrected chi connectivity index (χ4v) is 1.90. The molecule has 0 aromatic heterocycles. The summed E-state index contributed by atoms with van der Waals surface area (Å²) in [6.07, 6.45) is 0.872. The van der Waals surface area contributed by atoms with Gasteiger partial charge in [0, 0.05) is 6.61 Å². The highest BCUT2D eigenvalue weighted by Gasteiger charge is 2.24. The standard InChI is InChI=1S/C14H19NO3/c1-10(2)18-13-6-4-3-5-12(13)15-14(16)11-7-8-17-9-11/h3-6,10-11H,7-9H2,1-2H3,(H,15,16). The van der Waals surface area contributed by atoms with Gasteiger partial charge in [-0.05, 0) is 32.4 Å². The first-order valence-corrected chi connectivity index (χ1v) is 6.31. The first-order valence-electron chi connectivity index (χ1n) is 6.31. The number of hydrogen-bond donors (Lipinski definition) is 1. The van der Waals surface area contributed by atoms with Crippen molar-refractivity contribution in [2.45, 2.75) is 26.4 Å². The fraction of sp³-hybridized carbons (Fsp3) is 0.500. The van der Waals surface area contributed by atoms with Gasteiger partial charge >= 0.3 is 0 Å². The van der Waals surface area contributed by atoms with Gasteiger partial charge in [-0.25, -0.2) is 0 Å². The van der Waals surface area contributed by atoms with E-state index in [0.717, 1.165) is 12.1 Å². The zero-order valence-electron chi connectivity index (χ0n) is 10.8. The molecule has 4 heteroatoms. The summed E-state index contributed by atoms with van der Waals surface area (Å²) in [7, 11) is 0. The Bertz CT molecular complexity index is 411. The smallest absolute Gasteiger partial charge is 0.230 e. The van der Waals surface area contributed by atoms with Crippen molar-refractivity contribution in [2.24, 2.45) is 5.92 Å². The third kappa shape index (κ3) is 3.23.